The second-order valence-corrected chi connectivity index (χ2v) is 4.78. The van der Waals surface area contributed by atoms with Gasteiger partial charge in [0, 0.05) is 6.20 Å². The van der Waals surface area contributed by atoms with Crippen molar-refractivity contribution in [3.8, 4) is 0 Å². The van der Waals surface area contributed by atoms with Gasteiger partial charge >= 0.3 is 0 Å². The van der Waals surface area contributed by atoms with Gasteiger partial charge in [0.2, 0.25) is 5.91 Å². The number of nitrogens with zero attached hydrogens (tertiary/aromatic N) is 1. The minimum Gasteiger partial charge on any atom is -0.347 e. The number of hydrogen-bond acceptors (Lipinski definition) is 3. The fourth-order valence-corrected chi connectivity index (χ4v) is 1.99. The van der Waals surface area contributed by atoms with Crippen LogP contribution in [0.25, 0.3) is 0 Å². The minimum atomic E-state index is -0.552. The zero-order valence-corrected chi connectivity index (χ0v) is 11.5. The van der Waals surface area contributed by atoms with Crippen LogP contribution in [0.5, 0.6) is 0 Å². The molecule has 1 unspecified atom stereocenters. The van der Waals surface area contributed by atoms with Gasteiger partial charge in [-0.1, -0.05) is 36.4 Å². The van der Waals surface area contributed by atoms with Gasteiger partial charge in [0.05, 0.1) is 17.8 Å². The number of benzene rings is 1. The van der Waals surface area contributed by atoms with Crippen LogP contribution in [0.2, 0.25) is 0 Å². The molecule has 0 saturated carbocycles. The van der Waals surface area contributed by atoms with E-state index in [-0.39, 0.29) is 11.9 Å². The van der Waals surface area contributed by atoms with Gasteiger partial charge in [-0.3, -0.25) is 9.78 Å². The van der Waals surface area contributed by atoms with Crippen LogP contribution in [0.4, 0.5) is 0 Å². The standard InChI is InChI=1S/C16H19N3O/c1-12(15-9-5-6-10-18-15)19-16(20)14(17)11-13-7-3-2-4-8-13/h2-10,12,14H,11,17H2,1H3,(H,19,20)/t12?,14-/m1/s1. The maximum atomic E-state index is 12.1. The van der Waals surface area contributed by atoms with Crippen LogP contribution in [0, 0.1) is 0 Å². The molecular formula is C16H19N3O. The Morgan fingerprint density at radius 1 is 1.20 bits per heavy atom. The molecule has 1 aromatic heterocycles. The van der Waals surface area contributed by atoms with Crippen molar-refractivity contribution < 1.29 is 4.79 Å². The predicted molar refractivity (Wildman–Crippen MR) is 78.9 cm³/mol. The van der Waals surface area contributed by atoms with Crippen LogP contribution < -0.4 is 11.1 Å². The van der Waals surface area contributed by atoms with E-state index >= 15 is 0 Å². The Hall–Kier alpha value is -2.20. The number of nitrogens with two attached hydrogens (primary N) is 1. The van der Waals surface area contributed by atoms with Gasteiger partial charge in [0.15, 0.2) is 0 Å². The minimum absolute atomic E-state index is 0.148. The molecule has 104 valence electrons. The van der Waals surface area contributed by atoms with Crippen molar-refractivity contribution >= 4 is 5.91 Å². The third kappa shape index (κ3) is 3.90. The summed E-state index contributed by atoms with van der Waals surface area (Å²) in [7, 11) is 0. The summed E-state index contributed by atoms with van der Waals surface area (Å²) in [6.45, 7) is 1.90. The molecule has 3 N–H and O–H groups in total. The van der Waals surface area contributed by atoms with Gasteiger partial charge in [-0.05, 0) is 31.0 Å². The maximum Gasteiger partial charge on any atom is 0.237 e. The highest BCUT2D eigenvalue weighted by molar-refractivity contribution is 5.82. The molecule has 0 saturated heterocycles. The quantitative estimate of drug-likeness (QED) is 0.870. The number of carbonyl (C=O) groups excluding carboxylic acids is 1. The van der Waals surface area contributed by atoms with Crippen molar-refractivity contribution in [3.05, 3.63) is 66.0 Å². The lowest BCUT2D eigenvalue weighted by molar-refractivity contribution is -0.123. The van der Waals surface area contributed by atoms with E-state index in [0.717, 1.165) is 11.3 Å². The highest BCUT2D eigenvalue weighted by atomic mass is 16.2. The lowest BCUT2D eigenvalue weighted by atomic mass is 10.1. The SMILES string of the molecule is CC(NC(=O)[C@H](N)Cc1ccccc1)c1ccccn1. The largest absolute Gasteiger partial charge is 0.347 e. The number of pyridine rings is 1. The highest BCUT2D eigenvalue weighted by Gasteiger charge is 2.17. The topological polar surface area (TPSA) is 68.0 Å². The molecule has 4 heteroatoms. The third-order valence-corrected chi connectivity index (χ3v) is 3.13. The van der Waals surface area contributed by atoms with Crippen molar-refractivity contribution in [2.24, 2.45) is 5.73 Å². The van der Waals surface area contributed by atoms with Crippen molar-refractivity contribution in [2.45, 2.75) is 25.4 Å². The van der Waals surface area contributed by atoms with Gasteiger partial charge in [-0.15, -0.1) is 0 Å². The third-order valence-electron chi connectivity index (χ3n) is 3.13. The first-order valence-electron chi connectivity index (χ1n) is 6.67. The second kappa shape index (κ2) is 6.82. The van der Waals surface area contributed by atoms with E-state index in [4.69, 9.17) is 5.73 Å². The summed E-state index contributed by atoms with van der Waals surface area (Å²) >= 11 is 0. The van der Waals surface area contributed by atoms with Crippen LogP contribution in [-0.4, -0.2) is 16.9 Å². The fourth-order valence-electron chi connectivity index (χ4n) is 1.99. The summed E-state index contributed by atoms with van der Waals surface area (Å²) in [6.07, 6.45) is 2.24. The van der Waals surface area contributed by atoms with Crippen molar-refractivity contribution in [3.63, 3.8) is 0 Å². The number of nitrogens with one attached hydrogen (secondary N) is 1. The average Bonchev–Trinajstić information content (AvgIpc) is 2.49. The molecule has 0 aliphatic heterocycles. The first-order valence-corrected chi connectivity index (χ1v) is 6.67. The first-order chi connectivity index (χ1) is 9.66. The molecule has 4 nitrogen and oxygen atoms in total. The summed E-state index contributed by atoms with van der Waals surface area (Å²) in [4.78, 5) is 16.3. The van der Waals surface area contributed by atoms with E-state index in [1.165, 1.54) is 0 Å². The molecule has 0 aliphatic rings. The van der Waals surface area contributed by atoms with Gasteiger partial charge in [-0.2, -0.15) is 0 Å². The number of rotatable bonds is 5. The molecular weight excluding hydrogens is 250 g/mol. The Kier molecular flexibility index (Phi) is 4.85. The Labute approximate surface area is 119 Å². The molecule has 1 heterocycles. The van der Waals surface area contributed by atoms with Gasteiger partial charge < -0.3 is 11.1 Å². The molecule has 2 aromatic rings. The van der Waals surface area contributed by atoms with Gasteiger partial charge in [0.1, 0.15) is 0 Å². The van der Waals surface area contributed by atoms with Crippen LogP contribution in [0.3, 0.4) is 0 Å². The van der Waals surface area contributed by atoms with E-state index in [0.29, 0.717) is 6.42 Å². The fraction of sp³-hybridized carbons (Fsp3) is 0.250. The van der Waals surface area contributed by atoms with E-state index in [2.05, 4.69) is 10.3 Å². The van der Waals surface area contributed by atoms with Crippen LogP contribution in [0.1, 0.15) is 24.2 Å². The zero-order chi connectivity index (χ0) is 14.4. The molecule has 0 bridgehead atoms. The molecule has 0 fully saturated rings. The van der Waals surface area contributed by atoms with E-state index < -0.39 is 6.04 Å². The molecule has 0 aliphatic carbocycles. The molecule has 1 aromatic carbocycles. The van der Waals surface area contributed by atoms with Crippen molar-refractivity contribution in [1.29, 1.82) is 0 Å². The normalized spacial score (nSPS) is 13.5. The summed E-state index contributed by atoms with van der Waals surface area (Å²) in [5, 5.41) is 2.89. The Balaban J connectivity index is 1.91. The lowest BCUT2D eigenvalue weighted by Gasteiger charge is -2.17. The second-order valence-electron chi connectivity index (χ2n) is 4.78. The van der Waals surface area contributed by atoms with Gasteiger partial charge in [-0.25, -0.2) is 0 Å². The molecule has 2 rings (SSSR count). The van der Waals surface area contributed by atoms with Crippen LogP contribution in [0.15, 0.2) is 54.7 Å². The molecule has 0 spiro atoms. The Bertz CT molecular complexity index is 542. The Morgan fingerprint density at radius 3 is 2.55 bits per heavy atom. The monoisotopic (exact) mass is 269 g/mol. The number of carbonyl (C=O) groups is 1. The van der Waals surface area contributed by atoms with Crippen LogP contribution >= 0.6 is 0 Å². The summed E-state index contributed by atoms with van der Waals surface area (Å²) in [5.41, 5.74) is 7.83. The molecule has 2 atom stereocenters. The molecule has 0 radical (unpaired) electrons. The van der Waals surface area contributed by atoms with Crippen molar-refractivity contribution in [2.75, 3.05) is 0 Å². The summed E-state index contributed by atoms with van der Waals surface area (Å²) in [6, 6.07) is 14.7. The van der Waals surface area contributed by atoms with Gasteiger partial charge in [0.25, 0.3) is 0 Å². The number of aromatic nitrogens is 1. The predicted octanol–water partition coefficient (Wildman–Crippen LogP) is 1.83. The maximum absolute atomic E-state index is 12.1. The average molecular weight is 269 g/mol. The van der Waals surface area contributed by atoms with E-state index in [1.807, 2.05) is 55.5 Å². The Morgan fingerprint density at radius 2 is 1.90 bits per heavy atom. The number of amides is 1. The highest BCUT2D eigenvalue weighted by Crippen LogP contribution is 2.09. The zero-order valence-electron chi connectivity index (χ0n) is 11.5. The summed E-state index contributed by atoms with van der Waals surface area (Å²) in [5.74, 6) is -0.160. The van der Waals surface area contributed by atoms with E-state index in [1.54, 1.807) is 6.20 Å². The first kappa shape index (κ1) is 14.2. The summed E-state index contributed by atoms with van der Waals surface area (Å²) < 4.78 is 0. The molecule has 20 heavy (non-hydrogen) atoms. The molecule has 1 amide bonds. The van der Waals surface area contributed by atoms with E-state index in [9.17, 15) is 4.79 Å². The smallest absolute Gasteiger partial charge is 0.237 e. The van der Waals surface area contributed by atoms with Crippen LogP contribution in [-0.2, 0) is 11.2 Å². The number of hydrogen-bond donors (Lipinski definition) is 2. The van der Waals surface area contributed by atoms with Crippen molar-refractivity contribution in [1.82, 2.24) is 10.3 Å². The lowest BCUT2D eigenvalue weighted by Crippen LogP contribution is -2.43.